The van der Waals surface area contributed by atoms with Gasteiger partial charge in [0, 0.05) is 31.2 Å². The van der Waals surface area contributed by atoms with Crippen LogP contribution in [0, 0.1) is 5.92 Å². The maximum absolute atomic E-state index is 11.9. The summed E-state index contributed by atoms with van der Waals surface area (Å²) in [6.07, 6.45) is 2.84. The highest BCUT2D eigenvalue weighted by Crippen LogP contribution is 2.25. The second-order valence-electron chi connectivity index (χ2n) is 4.42. The minimum absolute atomic E-state index is 0.0173. The molecule has 3 unspecified atom stereocenters. The second kappa shape index (κ2) is 6.86. The van der Waals surface area contributed by atoms with E-state index in [2.05, 4.69) is 23.3 Å². The summed E-state index contributed by atoms with van der Waals surface area (Å²) in [7, 11) is 0. The van der Waals surface area contributed by atoms with Gasteiger partial charge in [0.2, 0.25) is 11.8 Å². The third-order valence-corrected chi connectivity index (χ3v) is 3.46. The predicted octanol–water partition coefficient (Wildman–Crippen LogP) is -0.302. The monoisotopic (exact) mass is 260 g/mol. The van der Waals surface area contributed by atoms with E-state index >= 15 is 0 Å². The van der Waals surface area contributed by atoms with Gasteiger partial charge >= 0.3 is 0 Å². The van der Waals surface area contributed by atoms with Gasteiger partial charge < -0.3 is 15.7 Å². The molecule has 3 atom stereocenters. The van der Waals surface area contributed by atoms with Crippen molar-refractivity contribution >= 4 is 24.4 Å². The van der Waals surface area contributed by atoms with E-state index in [1.165, 1.54) is 6.92 Å². The molecule has 2 amide bonds. The molecule has 1 saturated carbocycles. The van der Waals surface area contributed by atoms with Crippen molar-refractivity contribution in [2.45, 2.75) is 38.3 Å². The van der Waals surface area contributed by atoms with Crippen LogP contribution < -0.4 is 10.6 Å². The molecule has 3 N–H and O–H groups in total. The van der Waals surface area contributed by atoms with Gasteiger partial charge in [0.1, 0.15) is 6.04 Å². The molecule has 0 aliphatic heterocycles. The molecule has 1 aliphatic rings. The van der Waals surface area contributed by atoms with Crippen LogP contribution in [0.3, 0.4) is 0 Å². The molecule has 6 heteroatoms. The van der Waals surface area contributed by atoms with Gasteiger partial charge in [-0.15, -0.1) is 0 Å². The number of aliphatic hydroxyl groups excluding tert-OH is 1. The van der Waals surface area contributed by atoms with Crippen LogP contribution in [0.2, 0.25) is 0 Å². The molecular formula is C11H20N2O3S. The number of rotatable bonds is 5. The van der Waals surface area contributed by atoms with Crippen molar-refractivity contribution in [1.82, 2.24) is 10.6 Å². The van der Waals surface area contributed by atoms with Gasteiger partial charge in [-0.05, 0) is 12.8 Å². The summed E-state index contributed by atoms with van der Waals surface area (Å²) < 4.78 is 0. The molecule has 0 spiro atoms. The highest BCUT2D eigenvalue weighted by Gasteiger charge is 2.29. The zero-order chi connectivity index (χ0) is 12.8. The zero-order valence-electron chi connectivity index (χ0n) is 9.98. The van der Waals surface area contributed by atoms with Gasteiger partial charge in [0.25, 0.3) is 0 Å². The second-order valence-corrected chi connectivity index (χ2v) is 4.79. The van der Waals surface area contributed by atoms with Crippen molar-refractivity contribution < 1.29 is 14.7 Å². The summed E-state index contributed by atoms with van der Waals surface area (Å²) >= 11 is 4.05. The summed E-state index contributed by atoms with van der Waals surface area (Å²) in [5.74, 6) is -0.0659. The van der Waals surface area contributed by atoms with E-state index in [9.17, 15) is 9.59 Å². The maximum Gasteiger partial charge on any atom is 0.243 e. The first kappa shape index (κ1) is 14.3. The molecule has 17 heavy (non-hydrogen) atoms. The van der Waals surface area contributed by atoms with Gasteiger partial charge in [-0.3, -0.25) is 9.59 Å². The Morgan fingerprint density at radius 1 is 1.47 bits per heavy atom. The lowest BCUT2D eigenvalue weighted by molar-refractivity contribution is -0.128. The summed E-state index contributed by atoms with van der Waals surface area (Å²) in [5, 5.41) is 14.6. The lowest BCUT2D eigenvalue weighted by Crippen LogP contribution is -2.51. The van der Waals surface area contributed by atoms with E-state index in [-0.39, 0.29) is 36.1 Å². The molecule has 0 bridgehead atoms. The van der Waals surface area contributed by atoms with Crippen molar-refractivity contribution in [3.05, 3.63) is 0 Å². The standard InChI is InChI=1S/C11H20N2O3S/c1-7(15)12-10(6-17)11(16)13-9-4-2-3-8(9)5-14/h8-10,14,17H,2-6H2,1H3,(H,12,15)(H,13,16). The molecule has 0 aromatic carbocycles. The third kappa shape index (κ3) is 4.20. The first-order valence-corrected chi connectivity index (χ1v) is 6.51. The molecule has 0 aromatic rings. The average molecular weight is 260 g/mol. The number of carbonyl (C=O) groups excluding carboxylic acids is 2. The van der Waals surface area contributed by atoms with Crippen molar-refractivity contribution in [3.63, 3.8) is 0 Å². The fraction of sp³-hybridized carbons (Fsp3) is 0.818. The van der Waals surface area contributed by atoms with E-state index < -0.39 is 6.04 Å². The van der Waals surface area contributed by atoms with Crippen LogP contribution in [0.15, 0.2) is 0 Å². The Morgan fingerprint density at radius 2 is 2.18 bits per heavy atom. The predicted molar refractivity (Wildman–Crippen MR) is 67.8 cm³/mol. The average Bonchev–Trinajstić information content (AvgIpc) is 2.72. The smallest absolute Gasteiger partial charge is 0.243 e. The van der Waals surface area contributed by atoms with Crippen LogP contribution in [-0.2, 0) is 9.59 Å². The molecule has 0 heterocycles. The van der Waals surface area contributed by atoms with Crippen LogP contribution in [0.5, 0.6) is 0 Å². The Labute approximate surface area is 107 Å². The first-order valence-electron chi connectivity index (χ1n) is 5.87. The summed E-state index contributed by atoms with van der Waals surface area (Å²) in [6, 6.07) is -0.584. The van der Waals surface area contributed by atoms with Crippen molar-refractivity contribution in [2.24, 2.45) is 5.92 Å². The first-order chi connectivity index (χ1) is 8.08. The number of hydrogen-bond donors (Lipinski definition) is 4. The van der Waals surface area contributed by atoms with Crippen LogP contribution in [0.25, 0.3) is 0 Å². The van der Waals surface area contributed by atoms with Gasteiger partial charge in [-0.25, -0.2) is 0 Å². The van der Waals surface area contributed by atoms with E-state index in [0.717, 1.165) is 19.3 Å². The largest absolute Gasteiger partial charge is 0.396 e. The molecule has 1 rings (SSSR count). The number of amides is 2. The van der Waals surface area contributed by atoms with Crippen molar-refractivity contribution in [1.29, 1.82) is 0 Å². The molecule has 0 aromatic heterocycles. The molecular weight excluding hydrogens is 240 g/mol. The van der Waals surface area contributed by atoms with Crippen LogP contribution in [0.1, 0.15) is 26.2 Å². The molecule has 1 aliphatic carbocycles. The Kier molecular flexibility index (Phi) is 5.77. The number of hydrogen-bond acceptors (Lipinski definition) is 4. The van der Waals surface area contributed by atoms with Crippen LogP contribution in [-0.4, -0.2) is 41.4 Å². The van der Waals surface area contributed by atoms with E-state index in [0.29, 0.717) is 0 Å². The molecule has 0 saturated heterocycles. The van der Waals surface area contributed by atoms with Gasteiger partial charge in [0.15, 0.2) is 0 Å². The highest BCUT2D eigenvalue weighted by atomic mass is 32.1. The quantitative estimate of drug-likeness (QED) is 0.512. The minimum Gasteiger partial charge on any atom is -0.396 e. The maximum atomic E-state index is 11.9. The number of carbonyl (C=O) groups is 2. The highest BCUT2D eigenvalue weighted by molar-refractivity contribution is 7.80. The fourth-order valence-electron chi connectivity index (χ4n) is 2.17. The van der Waals surface area contributed by atoms with E-state index in [4.69, 9.17) is 5.11 Å². The summed E-state index contributed by atoms with van der Waals surface area (Å²) in [6.45, 7) is 1.46. The Morgan fingerprint density at radius 3 is 2.71 bits per heavy atom. The summed E-state index contributed by atoms with van der Waals surface area (Å²) in [5.41, 5.74) is 0. The lowest BCUT2D eigenvalue weighted by atomic mass is 10.0. The number of aliphatic hydroxyl groups is 1. The number of thiol groups is 1. The normalized spacial score (nSPS) is 25.4. The molecule has 5 nitrogen and oxygen atoms in total. The minimum atomic E-state index is -0.601. The lowest BCUT2D eigenvalue weighted by Gasteiger charge is -2.22. The van der Waals surface area contributed by atoms with Gasteiger partial charge in [0.05, 0.1) is 0 Å². The van der Waals surface area contributed by atoms with E-state index in [1.54, 1.807) is 0 Å². The molecule has 1 fully saturated rings. The fourth-order valence-corrected chi connectivity index (χ4v) is 2.43. The zero-order valence-corrected chi connectivity index (χ0v) is 10.9. The van der Waals surface area contributed by atoms with Crippen LogP contribution in [0.4, 0.5) is 0 Å². The third-order valence-electron chi connectivity index (χ3n) is 3.10. The number of nitrogens with one attached hydrogen (secondary N) is 2. The molecule has 0 radical (unpaired) electrons. The van der Waals surface area contributed by atoms with Crippen molar-refractivity contribution in [2.75, 3.05) is 12.4 Å². The van der Waals surface area contributed by atoms with Gasteiger partial charge in [-0.2, -0.15) is 12.6 Å². The SMILES string of the molecule is CC(=O)NC(CS)C(=O)NC1CCCC1CO. The Bertz CT molecular complexity index is 286. The topological polar surface area (TPSA) is 78.4 Å². The van der Waals surface area contributed by atoms with E-state index in [1.807, 2.05) is 0 Å². The van der Waals surface area contributed by atoms with Crippen LogP contribution >= 0.6 is 12.6 Å². The van der Waals surface area contributed by atoms with Crippen molar-refractivity contribution in [3.8, 4) is 0 Å². The molecule has 98 valence electrons. The summed E-state index contributed by atoms with van der Waals surface area (Å²) in [4.78, 5) is 22.8. The Balaban J connectivity index is 2.48. The Hall–Kier alpha value is -0.750. The van der Waals surface area contributed by atoms with Gasteiger partial charge in [-0.1, -0.05) is 6.42 Å².